The summed E-state index contributed by atoms with van der Waals surface area (Å²) in [7, 11) is 0. The normalized spacial score (nSPS) is 19.4. The van der Waals surface area contributed by atoms with Crippen LogP contribution < -0.4 is 10.2 Å². The van der Waals surface area contributed by atoms with Gasteiger partial charge in [0.1, 0.15) is 5.76 Å². The predicted octanol–water partition coefficient (Wildman–Crippen LogP) is 2.40. The molecular weight excluding hydrogens is 356 g/mol. The van der Waals surface area contributed by atoms with E-state index in [1.165, 1.54) is 0 Å². The average Bonchev–Trinajstić information content (AvgIpc) is 3.23. The molecule has 1 fully saturated rings. The maximum absolute atomic E-state index is 12.4. The van der Waals surface area contributed by atoms with Crippen LogP contribution in [-0.4, -0.2) is 35.6 Å². The summed E-state index contributed by atoms with van der Waals surface area (Å²) >= 11 is 5.87. The molecule has 7 heteroatoms. The molecule has 2 N–H and O–H groups in total. The standard InChI is InChI=1S/C19H21ClN2O4/c1-19(25,10-16-3-2-8-26-16)12-21-18(24)13-9-17(23)22(11-13)15-6-4-14(20)5-7-15/h2-8,13,25H,9-12H2,1H3,(H,21,24). The molecule has 0 radical (unpaired) electrons. The molecule has 2 amide bonds. The van der Waals surface area contributed by atoms with E-state index >= 15 is 0 Å². The Kier molecular flexibility index (Phi) is 5.34. The molecule has 138 valence electrons. The summed E-state index contributed by atoms with van der Waals surface area (Å²) in [6.07, 6.45) is 1.98. The van der Waals surface area contributed by atoms with Crippen molar-refractivity contribution in [1.29, 1.82) is 0 Å². The molecule has 1 aromatic heterocycles. The smallest absolute Gasteiger partial charge is 0.227 e. The summed E-state index contributed by atoms with van der Waals surface area (Å²) in [6, 6.07) is 10.5. The highest BCUT2D eigenvalue weighted by Crippen LogP contribution is 2.26. The lowest BCUT2D eigenvalue weighted by Crippen LogP contribution is -2.44. The van der Waals surface area contributed by atoms with E-state index < -0.39 is 11.5 Å². The van der Waals surface area contributed by atoms with Crippen molar-refractivity contribution in [3.05, 3.63) is 53.4 Å². The van der Waals surface area contributed by atoms with E-state index in [1.807, 2.05) is 0 Å². The van der Waals surface area contributed by atoms with Gasteiger partial charge in [-0.25, -0.2) is 0 Å². The third kappa shape index (κ3) is 4.45. The van der Waals surface area contributed by atoms with Crippen LogP contribution in [-0.2, 0) is 16.0 Å². The number of anilines is 1. The van der Waals surface area contributed by atoms with Crippen LogP contribution in [0.4, 0.5) is 5.69 Å². The minimum Gasteiger partial charge on any atom is -0.469 e. The number of benzene rings is 1. The first-order chi connectivity index (χ1) is 12.3. The van der Waals surface area contributed by atoms with Gasteiger partial charge in [0.15, 0.2) is 0 Å². The molecule has 2 atom stereocenters. The lowest BCUT2D eigenvalue weighted by molar-refractivity contribution is -0.127. The van der Waals surface area contributed by atoms with E-state index in [1.54, 1.807) is 54.5 Å². The number of nitrogens with zero attached hydrogens (tertiary/aromatic N) is 1. The zero-order valence-corrected chi connectivity index (χ0v) is 15.2. The SMILES string of the molecule is CC(O)(CNC(=O)C1CC(=O)N(c2ccc(Cl)cc2)C1)Cc1ccco1. The molecule has 2 aromatic rings. The van der Waals surface area contributed by atoms with Crippen LogP contribution in [0.15, 0.2) is 47.1 Å². The summed E-state index contributed by atoms with van der Waals surface area (Å²) < 4.78 is 5.23. The minimum atomic E-state index is -1.13. The Labute approximate surface area is 156 Å². The second-order valence-corrected chi connectivity index (χ2v) is 7.29. The fourth-order valence-electron chi connectivity index (χ4n) is 3.03. The Balaban J connectivity index is 1.55. The van der Waals surface area contributed by atoms with Gasteiger partial charge in [-0.05, 0) is 43.3 Å². The van der Waals surface area contributed by atoms with Gasteiger partial charge in [-0.15, -0.1) is 0 Å². The number of furan rings is 1. The second kappa shape index (κ2) is 7.51. The number of nitrogens with one attached hydrogen (secondary N) is 1. The Hall–Kier alpha value is -2.31. The summed E-state index contributed by atoms with van der Waals surface area (Å²) in [5.74, 6) is -0.142. The predicted molar refractivity (Wildman–Crippen MR) is 98.0 cm³/mol. The molecule has 0 aliphatic carbocycles. The van der Waals surface area contributed by atoms with Crippen LogP contribution in [0.2, 0.25) is 5.02 Å². The first kappa shape index (κ1) is 18.5. The van der Waals surface area contributed by atoms with E-state index in [-0.39, 0.29) is 24.8 Å². The van der Waals surface area contributed by atoms with Gasteiger partial charge in [-0.3, -0.25) is 9.59 Å². The van der Waals surface area contributed by atoms with Gasteiger partial charge < -0.3 is 19.7 Å². The molecule has 6 nitrogen and oxygen atoms in total. The number of hydrogen-bond donors (Lipinski definition) is 2. The Bertz CT molecular complexity index is 771. The van der Waals surface area contributed by atoms with E-state index in [0.29, 0.717) is 23.7 Å². The van der Waals surface area contributed by atoms with Crippen LogP contribution >= 0.6 is 11.6 Å². The number of amides is 2. The zero-order chi connectivity index (χ0) is 18.7. The number of carbonyl (C=O) groups is 2. The van der Waals surface area contributed by atoms with Gasteiger partial charge in [0, 0.05) is 36.6 Å². The third-order valence-corrected chi connectivity index (χ3v) is 4.66. The highest BCUT2D eigenvalue weighted by Gasteiger charge is 2.35. The average molecular weight is 377 g/mol. The highest BCUT2D eigenvalue weighted by atomic mass is 35.5. The molecule has 1 aromatic carbocycles. The molecule has 0 saturated carbocycles. The summed E-state index contributed by atoms with van der Waals surface area (Å²) in [5, 5.41) is 13.8. The topological polar surface area (TPSA) is 82.8 Å². The van der Waals surface area contributed by atoms with E-state index in [2.05, 4.69) is 5.32 Å². The van der Waals surface area contributed by atoms with Crippen molar-refractivity contribution in [2.75, 3.05) is 18.0 Å². The van der Waals surface area contributed by atoms with Crippen molar-refractivity contribution < 1.29 is 19.1 Å². The maximum Gasteiger partial charge on any atom is 0.227 e. The molecule has 0 spiro atoms. The van der Waals surface area contributed by atoms with Gasteiger partial charge in [0.2, 0.25) is 11.8 Å². The van der Waals surface area contributed by atoms with E-state index in [9.17, 15) is 14.7 Å². The lowest BCUT2D eigenvalue weighted by Gasteiger charge is -2.23. The fraction of sp³-hybridized carbons (Fsp3) is 0.368. The molecule has 3 rings (SSSR count). The van der Waals surface area contributed by atoms with E-state index in [0.717, 1.165) is 5.69 Å². The number of aliphatic hydroxyl groups is 1. The van der Waals surface area contributed by atoms with Gasteiger partial charge in [0.05, 0.1) is 17.8 Å². The number of carbonyl (C=O) groups excluding carboxylic acids is 2. The second-order valence-electron chi connectivity index (χ2n) is 6.85. The Morgan fingerprint density at radius 3 is 2.77 bits per heavy atom. The minimum absolute atomic E-state index is 0.0815. The monoisotopic (exact) mass is 376 g/mol. The molecule has 1 aliphatic rings. The van der Waals surface area contributed by atoms with Crippen LogP contribution in [0.1, 0.15) is 19.1 Å². The summed E-state index contributed by atoms with van der Waals surface area (Å²) in [4.78, 5) is 26.2. The molecule has 26 heavy (non-hydrogen) atoms. The number of halogens is 1. The quantitative estimate of drug-likeness (QED) is 0.811. The molecule has 2 unspecified atom stereocenters. The first-order valence-electron chi connectivity index (χ1n) is 8.42. The van der Waals surface area contributed by atoms with Gasteiger partial charge >= 0.3 is 0 Å². The van der Waals surface area contributed by atoms with Crippen LogP contribution in [0.5, 0.6) is 0 Å². The Morgan fingerprint density at radius 2 is 2.12 bits per heavy atom. The number of hydrogen-bond acceptors (Lipinski definition) is 4. The molecule has 1 saturated heterocycles. The van der Waals surface area contributed by atoms with Crippen LogP contribution in [0, 0.1) is 5.92 Å². The lowest BCUT2D eigenvalue weighted by atomic mass is 10.00. The zero-order valence-electron chi connectivity index (χ0n) is 14.4. The molecular formula is C19H21ClN2O4. The first-order valence-corrected chi connectivity index (χ1v) is 8.80. The molecule has 1 aliphatic heterocycles. The maximum atomic E-state index is 12.4. The largest absolute Gasteiger partial charge is 0.469 e. The van der Waals surface area contributed by atoms with Crippen molar-refractivity contribution in [3.8, 4) is 0 Å². The molecule has 2 heterocycles. The van der Waals surface area contributed by atoms with Gasteiger partial charge in [0.25, 0.3) is 0 Å². The van der Waals surface area contributed by atoms with Crippen LogP contribution in [0.25, 0.3) is 0 Å². The Morgan fingerprint density at radius 1 is 1.38 bits per heavy atom. The van der Waals surface area contributed by atoms with Crippen molar-refractivity contribution >= 4 is 29.1 Å². The van der Waals surface area contributed by atoms with Crippen molar-refractivity contribution in [2.24, 2.45) is 5.92 Å². The van der Waals surface area contributed by atoms with E-state index in [4.69, 9.17) is 16.0 Å². The highest BCUT2D eigenvalue weighted by molar-refractivity contribution is 6.30. The summed E-state index contributed by atoms with van der Waals surface area (Å²) in [5.41, 5.74) is -0.411. The van der Waals surface area contributed by atoms with Crippen LogP contribution in [0.3, 0.4) is 0 Å². The van der Waals surface area contributed by atoms with Crippen molar-refractivity contribution in [3.63, 3.8) is 0 Å². The third-order valence-electron chi connectivity index (χ3n) is 4.41. The number of rotatable bonds is 6. The van der Waals surface area contributed by atoms with Crippen molar-refractivity contribution in [2.45, 2.75) is 25.4 Å². The summed E-state index contributed by atoms with van der Waals surface area (Å²) in [6.45, 7) is 2.03. The fourth-order valence-corrected chi connectivity index (χ4v) is 3.15. The molecule has 0 bridgehead atoms. The van der Waals surface area contributed by atoms with Gasteiger partial charge in [-0.2, -0.15) is 0 Å². The van der Waals surface area contributed by atoms with Gasteiger partial charge in [-0.1, -0.05) is 11.6 Å². The van der Waals surface area contributed by atoms with Crippen molar-refractivity contribution in [1.82, 2.24) is 5.32 Å².